The zero-order valence-corrected chi connectivity index (χ0v) is 11.7. The Morgan fingerprint density at radius 2 is 1.71 bits per heavy atom. The largest absolute Gasteiger partial charge is 0.326 e. The number of amides is 1. The molecule has 0 aliphatic heterocycles. The summed E-state index contributed by atoms with van der Waals surface area (Å²) in [7, 11) is 0. The molecule has 2 nitrogen and oxygen atoms in total. The van der Waals surface area contributed by atoms with E-state index in [0.29, 0.717) is 11.8 Å². The topological polar surface area (TPSA) is 29.1 Å². The summed E-state index contributed by atoms with van der Waals surface area (Å²) in [5.74, 6) is 0.824. The van der Waals surface area contributed by atoms with Crippen LogP contribution in [-0.2, 0) is 4.79 Å². The van der Waals surface area contributed by atoms with Gasteiger partial charge in [-0.3, -0.25) is 4.79 Å². The number of nitrogens with one attached hydrogen (secondary N) is 1. The summed E-state index contributed by atoms with van der Waals surface area (Å²) in [6.07, 6.45) is 0. The minimum Gasteiger partial charge on any atom is -0.326 e. The third-order valence-electron chi connectivity index (χ3n) is 3.00. The highest BCUT2D eigenvalue weighted by Gasteiger charge is 2.16. The van der Waals surface area contributed by atoms with Crippen LogP contribution in [0, 0.1) is 6.92 Å². The number of aryl methyl sites for hydroxylation is 1. The van der Waals surface area contributed by atoms with Crippen molar-refractivity contribution in [1.82, 2.24) is 0 Å². The standard InChI is InChI=1S/C15H23NO/c1-9(2)13-8-7-11(5)14(10(3)4)15(13)16-12(6)17/h7-10H,1-6H3,(H,16,17). The van der Waals surface area contributed by atoms with Crippen molar-refractivity contribution in [1.29, 1.82) is 0 Å². The van der Waals surface area contributed by atoms with Crippen LogP contribution in [0.4, 0.5) is 5.69 Å². The van der Waals surface area contributed by atoms with Crippen LogP contribution in [0.15, 0.2) is 12.1 Å². The number of rotatable bonds is 3. The van der Waals surface area contributed by atoms with Gasteiger partial charge in [0.15, 0.2) is 0 Å². The molecule has 0 atom stereocenters. The average molecular weight is 233 g/mol. The number of benzene rings is 1. The van der Waals surface area contributed by atoms with E-state index < -0.39 is 0 Å². The van der Waals surface area contributed by atoms with Gasteiger partial charge in [0.25, 0.3) is 0 Å². The second-order valence-electron chi connectivity index (χ2n) is 5.25. The predicted molar refractivity (Wildman–Crippen MR) is 73.7 cm³/mol. The smallest absolute Gasteiger partial charge is 0.221 e. The van der Waals surface area contributed by atoms with Crippen molar-refractivity contribution in [2.24, 2.45) is 0 Å². The first-order valence-electron chi connectivity index (χ1n) is 6.25. The number of hydrogen-bond acceptors (Lipinski definition) is 1. The molecule has 0 unspecified atom stereocenters. The molecule has 1 aromatic rings. The Balaban J connectivity index is 3.43. The summed E-state index contributed by atoms with van der Waals surface area (Å²) in [6.45, 7) is 12.3. The highest BCUT2D eigenvalue weighted by atomic mass is 16.1. The fourth-order valence-corrected chi connectivity index (χ4v) is 2.28. The van der Waals surface area contributed by atoms with Crippen LogP contribution in [0.25, 0.3) is 0 Å². The lowest BCUT2D eigenvalue weighted by Gasteiger charge is -2.21. The summed E-state index contributed by atoms with van der Waals surface area (Å²) in [5, 5.41) is 3.01. The maximum atomic E-state index is 11.4. The molecule has 0 spiro atoms. The van der Waals surface area contributed by atoms with Gasteiger partial charge in [-0.2, -0.15) is 0 Å². The van der Waals surface area contributed by atoms with Crippen LogP contribution in [-0.4, -0.2) is 5.91 Å². The first-order valence-corrected chi connectivity index (χ1v) is 6.25. The molecule has 0 fully saturated rings. The van der Waals surface area contributed by atoms with E-state index in [-0.39, 0.29) is 5.91 Å². The molecule has 17 heavy (non-hydrogen) atoms. The fraction of sp³-hybridized carbons (Fsp3) is 0.533. The minimum atomic E-state index is -0.000556. The summed E-state index contributed by atoms with van der Waals surface area (Å²) < 4.78 is 0. The van der Waals surface area contributed by atoms with Crippen LogP contribution in [0.3, 0.4) is 0 Å². The maximum absolute atomic E-state index is 11.4. The fourth-order valence-electron chi connectivity index (χ4n) is 2.28. The lowest BCUT2D eigenvalue weighted by atomic mass is 9.89. The Morgan fingerprint density at radius 3 is 2.12 bits per heavy atom. The summed E-state index contributed by atoms with van der Waals surface area (Å²) in [6, 6.07) is 4.27. The zero-order valence-electron chi connectivity index (χ0n) is 11.7. The molecule has 1 N–H and O–H groups in total. The highest BCUT2D eigenvalue weighted by molar-refractivity contribution is 5.91. The molecule has 0 aliphatic carbocycles. The lowest BCUT2D eigenvalue weighted by molar-refractivity contribution is -0.114. The molecule has 0 saturated heterocycles. The number of hydrogen-bond donors (Lipinski definition) is 1. The Bertz CT molecular complexity index is 419. The zero-order chi connectivity index (χ0) is 13.2. The van der Waals surface area contributed by atoms with Gasteiger partial charge in [0.1, 0.15) is 0 Å². The van der Waals surface area contributed by atoms with Crippen molar-refractivity contribution in [2.45, 2.75) is 53.4 Å². The summed E-state index contributed by atoms with van der Waals surface area (Å²) in [5.41, 5.74) is 4.73. The van der Waals surface area contributed by atoms with E-state index >= 15 is 0 Å². The van der Waals surface area contributed by atoms with E-state index in [0.717, 1.165) is 5.69 Å². The van der Waals surface area contributed by atoms with Gasteiger partial charge in [-0.15, -0.1) is 0 Å². The normalized spacial score (nSPS) is 11.1. The molecule has 2 heteroatoms. The van der Waals surface area contributed by atoms with E-state index in [1.54, 1.807) is 6.92 Å². The van der Waals surface area contributed by atoms with Gasteiger partial charge in [0.05, 0.1) is 0 Å². The van der Waals surface area contributed by atoms with Crippen LogP contribution in [0.5, 0.6) is 0 Å². The predicted octanol–water partition coefficient (Wildman–Crippen LogP) is 4.20. The van der Waals surface area contributed by atoms with Crippen LogP contribution in [0.2, 0.25) is 0 Å². The second kappa shape index (κ2) is 5.35. The van der Waals surface area contributed by atoms with Gasteiger partial charge in [-0.05, 0) is 35.4 Å². The summed E-state index contributed by atoms with van der Waals surface area (Å²) >= 11 is 0. The van der Waals surface area contributed by atoms with Crippen LogP contribution >= 0.6 is 0 Å². The first-order chi connectivity index (χ1) is 7.84. The molecular formula is C15H23NO. The second-order valence-corrected chi connectivity index (χ2v) is 5.25. The SMILES string of the molecule is CC(=O)Nc1c(C(C)C)ccc(C)c1C(C)C. The molecule has 94 valence electrons. The Kier molecular flexibility index (Phi) is 4.33. The molecule has 0 heterocycles. The van der Waals surface area contributed by atoms with Gasteiger partial charge >= 0.3 is 0 Å². The summed E-state index contributed by atoms with van der Waals surface area (Å²) in [4.78, 5) is 11.4. The van der Waals surface area contributed by atoms with Crippen molar-refractivity contribution in [3.8, 4) is 0 Å². The molecular weight excluding hydrogens is 210 g/mol. The number of carbonyl (C=O) groups is 1. The highest BCUT2D eigenvalue weighted by Crippen LogP contribution is 2.34. The molecule has 1 aromatic carbocycles. The lowest BCUT2D eigenvalue weighted by Crippen LogP contribution is -2.13. The van der Waals surface area contributed by atoms with Crippen molar-refractivity contribution in [3.63, 3.8) is 0 Å². The quantitative estimate of drug-likeness (QED) is 0.833. The molecule has 1 amide bonds. The third kappa shape index (κ3) is 3.09. The van der Waals surface area contributed by atoms with E-state index in [4.69, 9.17) is 0 Å². The van der Waals surface area contributed by atoms with Gasteiger partial charge in [-0.1, -0.05) is 39.8 Å². The van der Waals surface area contributed by atoms with Crippen molar-refractivity contribution in [2.75, 3.05) is 5.32 Å². The number of anilines is 1. The van der Waals surface area contributed by atoms with E-state index in [1.807, 2.05) is 0 Å². The Morgan fingerprint density at radius 1 is 1.12 bits per heavy atom. The van der Waals surface area contributed by atoms with Gasteiger partial charge in [-0.25, -0.2) is 0 Å². The minimum absolute atomic E-state index is 0.000556. The average Bonchev–Trinajstić information content (AvgIpc) is 2.15. The molecule has 1 rings (SSSR count). The van der Waals surface area contributed by atoms with Crippen LogP contribution in [0.1, 0.15) is 63.1 Å². The van der Waals surface area contributed by atoms with E-state index in [2.05, 4.69) is 52.1 Å². The Labute approximate surface area is 104 Å². The molecule has 0 aliphatic rings. The third-order valence-corrected chi connectivity index (χ3v) is 3.00. The number of carbonyl (C=O) groups excluding carboxylic acids is 1. The van der Waals surface area contributed by atoms with Gasteiger partial charge in [0, 0.05) is 12.6 Å². The molecule has 0 saturated carbocycles. The molecule has 0 aromatic heterocycles. The Hall–Kier alpha value is -1.31. The first kappa shape index (κ1) is 13.8. The van der Waals surface area contributed by atoms with Crippen molar-refractivity contribution >= 4 is 11.6 Å². The van der Waals surface area contributed by atoms with Crippen molar-refractivity contribution < 1.29 is 4.79 Å². The monoisotopic (exact) mass is 233 g/mol. The van der Waals surface area contributed by atoms with Gasteiger partial charge < -0.3 is 5.32 Å². The van der Waals surface area contributed by atoms with Crippen LogP contribution < -0.4 is 5.32 Å². The van der Waals surface area contributed by atoms with E-state index in [9.17, 15) is 4.79 Å². The van der Waals surface area contributed by atoms with Crippen molar-refractivity contribution in [3.05, 3.63) is 28.8 Å². The maximum Gasteiger partial charge on any atom is 0.221 e. The molecule has 0 radical (unpaired) electrons. The van der Waals surface area contributed by atoms with Gasteiger partial charge in [0.2, 0.25) is 5.91 Å². The molecule has 0 bridgehead atoms. The van der Waals surface area contributed by atoms with E-state index in [1.165, 1.54) is 16.7 Å².